The minimum atomic E-state index is -0.932. The number of aliphatic imine (C=N–C) groups is 1. The van der Waals surface area contributed by atoms with E-state index in [2.05, 4.69) is 4.99 Å². The predicted octanol–water partition coefficient (Wildman–Crippen LogP) is 2.03. The Morgan fingerprint density at radius 1 is 1.44 bits per heavy atom. The molecule has 1 atom stereocenters. The molecule has 1 aromatic rings. The van der Waals surface area contributed by atoms with Gasteiger partial charge in [0, 0.05) is 23.7 Å². The Labute approximate surface area is 99.1 Å². The second-order valence-electron chi connectivity index (χ2n) is 3.80. The van der Waals surface area contributed by atoms with E-state index < -0.39 is 5.41 Å². The number of carbonyl (C=O) groups excluding carboxylic acids is 1. The number of benzene rings is 1. The van der Waals surface area contributed by atoms with Crippen LogP contribution in [0.4, 0.5) is 0 Å². The summed E-state index contributed by atoms with van der Waals surface area (Å²) in [6.07, 6.45) is 1.54. The van der Waals surface area contributed by atoms with E-state index in [1.807, 2.05) is 18.2 Å². The van der Waals surface area contributed by atoms with Crippen LogP contribution in [-0.2, 0) is 4.79 Å². The molecule has 0 saturated heterocycles. The molecule has 1 aliphatic rings. The van der Waals surface area contributed by atoms with Gasteiger partial charge < -0.3 is 4.74 Å². The van der Waals surface area contributed by atoms with Crippen molar-refractivity contribution >= 4 is 29.3 Å². The number of para-hydroxylation sites is 1. The fourth-order valence-electron chi connectivity index (χ4n) is 1.69. The first-order chi connectivity index (χ1) is 7.59. The van der Waals surface area contributed by atoms with Gasteiger partial charge in [-0.25, -0.2) is 0 Å². The number of esters is 1. The Morgan fingerprint density at radius 2 is 2.12 bits per heavy atom. The Kier molecular flexibility index (Phi) is 2.59. The van der Waals surface area contributed by atoms with Gasteiger partial charge in [-0.1, -0.05) is 30.4 Å². The second-order valence-corrected chi connectivity index (χ2v) is 4.21. The number of nitrogens with zero attached hydrogens (tertiary/aromatic N) is 1. The van der Waals surface area contributed by atoms with Gasteiger partial charge in [-0.2, -0.15) is 0 Å². The van der Waals surface area contributed by atoms with E-state index in [1.165, 1.54) is 6.21 Å². The molecule has 1 aliphatic heterocycles. The first kappa shape index (κ1) is 11.0. The number of thiocarbonyl (C=S) groups is 1. The molecule has 4 heteroatoms. The smallest absolute Gasteiger partial charge is 0.328 e. The van der Waals surface area contributed by atoms with Crippen molar-refractivity contribution in [1.82, 2.24) is 0 Å². The van der Waals surface area contributed by atoms with Crippen molar-refractivity contribution in [2.75, 3.05) is 7.05 Å². The maximum absolute atomic E-state index is 11.9. The van der Waals surface area contributed by atoms with Crippen LogP contribution in [0.5, 0.6) is 5.75 Å². The van der Waals surface area contributed by atoms with E-state index in [0.29, 0.717) is 10.6 Å². The molecule has 1 unspecified atom stereocenters. The maximum Gasteiger partial charge on any atom is 0.328 e. The quantitative estimate of drug-likeness (QED) is 0.322. The molecule has 0 radical (unpaired) electrons. The van der Waals surface area contributed by atoms with Crippen LogP contribution in [0.25, 0.3) is 0 Å². The monoisotopic (exact) mass is 233 g/mol. The zero-order valence-electron chi connectivity index (χ0n) is 9.06. The summed E-state index contributed by atoms with van der Waals surface area (Å²) in [5.74, 6) is 0.154. The predicted molar refractivity (Wildman–Crippen MR) is 66.3 cm³/mol. The normalized spacial score (nSPS) is 24.4. The van der Waals surface area contributed by atoms with Crippen molar-refractivity contribution in [3.8, 4) is 5.75 Å². The average Bonchev–Trinajstić information content (AvgIpc) is 2.27. The Bertz CT molecular complexity index is 496. The first-order valence-electron chi connectivity index (χ1n) is 4.89. The van der Waals surface area contributed by atoms with E-state index in [-0.39, 0.29) is 5.97 Å². The number of hydrogen-bond acceptors (Lipinski definition) is 4. The second kappa shape index (κ2) is 3.79. The van der Waals surface area contributed by atoms with Gasteiger partial charge in [0.25, 0.3) is 0 Å². The number of fused-ring (bicyclic) bond motifs is 1. The van der Waals surface area contributed by atoms with Crippen molar-refractivity contribution in [3.63, 3.8) is 0 Å². The maximum atomic E-state index is 11.9. The highest BCUT2D eigenvalue weighted by Crippen LogP contribution is 2.34. The topological polar surface area (TPSA) is 38.7 Å². The van der Waals surface area contributed by atoms with Crippen LogP contribution < -0.4 is 4.74 Å². The molecule has 0 aliphatic carbocycles. The standard InChI is InChI=1S/C12H11NO2S/c1-12(7-13-2)10(16)8-5-3-4-6-9(8)15-11(12)14/h3-7H,1-2H3. The van der Waals surface area contributed by atoms with E-state index in [1.54, 1.807) is 20.0 Å². The van der Waals surface area contributed by atoms with Crippen LogP contribution in [0, 0.1) is 5.41 Å². The molecule has 16 heavy (non-hydrogen) atoms. The highest BCUT2D eigenvalue weighted by atomic mass is 32.1. The molecule has 0 saturated carbocycles. The van der Waals surface area contributed by atoms with Gasteiger partial charge in [-0.05, 0) is 13.0 Å². The Morgan fingerprint density at radius 3 is 2.81 bits per heavy atom. The van der Waals surface area contributed by atoms with Gasteiger partial charge in [0.2, 0.25) is 0 Å². The molecule has 0 spiro atoms. The molecular formula is C12H11NO2S. The van der Waals surface area contributed by atoms with E-state index in [9.17, 15) is 4.79 Å². The number of hydrogen-bond donors (Lipinski definition) is 0. The summed E-state index contributed by atoms with van der Waals surface area (Å²) in [6, 6.07) is 7.27. The molecule has 0 bridgehead atoms. The van der Waals surface area contributed by atoms with Crippen LogP contribution >= 0.6 is 12.2 Å². The van der Waals surface area contributed by atoms with Gasteiger partial charge in [-0.15, -0.1) is 0 Å². The summed E-state index contributed by atoms with van der Waals surface area (Å²) < 4.78 is 5.25. The number of rotatable bonds is 1. The molecule has 2 rings (SSSR count). The van der Waals surface area contributed by atoms with Crippen molar-refractivity contribution in [2.45, 2.75) is 6.92 Å². The fraction of sp³-hybridized carbons (Fsp3) is 0.250. The lowest BCUT2D eigenvalue weighted by molar-refractivity contribution is -0.138. The van der Waals surface area contributed by atoms with Gasteiger partial charge in [0.1, 0.15) is 11.2 Å². The van der Waals surface area contributed by atoms with Gasteiger partial charge in [0.15, 0.2) is 0 Å². The molecule has 0 fully saturated rings. The summed E-state index contributed by atoms with van der Waals surface area (Å²) in [5.41, 5.74) is -0.141. The lowest BCUT2D eigenvalue weighted by Crippen LogP contribution is -2.44. The third kappa shape index (κ3) is 1.46. The Balaban J connectivity index is 2.58. The lowest BCUT2D eigenvalue weighted by atomic mass is 9.82. The lowest BCUT2D eigenvalue weighted by Gasteiger charge is -2.30. The molecule has 1 aromatic carbocycles. The molecular weight excluding hydrogens is 222 g/mol. The fourth-order valence-corrected chi connectivity index (χ4v) is 2.00. The minimum Gasteiger partial charge on any atom is -0.425 e. The van der Waals surface area contributed by atoms with Crippen LogP contribution in [0.2, 0.25) is 0 Å². The number of carbonyl (C=O) groups is 1. The molecule has 82 valence electrons. The summed E-state index contributed by atoms with van der Waals surface area (Å²) in [4.78, 5) is 16.3. The molecule has 1 heterocycles. The van der Waals surface area contributed by atoms with Crippen LogP contribution in [0.1, 0.15) is 12.5 Å². The van der Waals surface area contributed by atoms with Gasteiger partial charge in [0.05, 0.1) is 0 Å². The van der Waals surface area contributed by atoms with Crippen molar-refractivity contribution in [2.24, 2.45) is 10.4 Å². The molecule has 0 N–H and O–H groups in total. The molecule has 3 nitrogen and oxygen atoms in total. The summed E-state index contributed by atoms with van der Waals surface area (Å²) in [6.45, 7) is 1.72. The van der Waals surface area contributed by atoms with Gasteiger partial charge >= 0.3 is 5.97 Å². The van der Waals surface area contributed by atoms with Crippen LogP contribution in [0.3, 0.4) is 0 Å². The third-order valence-corrected chi connectivity index (χ3v) is 3.26. The van der Waals surface area contributed by atoms with Crippen LogP contribution in [0.15, 0.2) is 29.3 Å². The zero-order chi connectivity index (χ0) is 11.8. The molecule has 0 amide bonds. The Hall–Kier alpha value is -1.55. The number of ether oxygens (including phenoxy) is 1. The van der Waals surface area contributed by atoms with Crippen molar-refractivity contribution in [3.05, 3.63) is 29.8 Å². The first-order valence-corrected chi connectivity index (χ1v) is 5.30. The van der Waals surface area contributed by atoms with Gasteiger partial charge in [-0.3, -0.25) is 9.79 Å². The van der Waals surface area contributed by atoms with Crippen LogP contribution in [-0.4, -0.2) is 24.1 Å². The van der Waals surface area contributed by atoms with E-state index in [0.717, 1.165) is 5.56 Å². The summed E-state index contributed by atoms with van der Waals surface area (Å²) in [7, 11) is 1.61. The van der Waals surface area contributed by atoms with E-state index in [4.69, 9.17) is 17.0 Å². The largest absolute Gasteiger partial charge is 0.425 e. The summed E-state index contributed by atoms with van der Waals surface area (Å²) >= 11 is 5.35. The van der Waals surface area contributed by atoms with E-state index >= 15 is 0 Å². The zero-order valence-corrected chi connectivity index (χ0v) is 9.88. The average molecular weight is 233 g/mol. The van der Waals surface area contributed by atoms with Crippen molar-refractivity contribution in [1.29, 1.82) is 0 Å². The minimum absolute atomic E-state index is 0.373. The third-order valence-electron chi connectivity index (χ3n) is 2.62. The highest BCUT2D eigenvalue weighted by Gasteiger charge is 2.43. The SMILES string of the molecule is CN=CC1(C)C(=O)Oc2ccccc2C1=S. The summed E-state index contributed by atoms with van der Waals surface area (Å²) in [5, 5.41) is 0. The highest BCUT2D eigenvalue weighted by molar-refractivity contribution is 7.81. The molecule has 0 aromatic heterocycles. The van der Waals surface area contributed by atoms with Crippen molar-refractivity contribution < 1.29 is 9.53 Å².